The molecule has 2 aromatic rings. The van der Waals surface area contributed by atoms with Crippen molar-refractivity contribution in [3.8, 4) is 5.75 Å². The molecule has 170 valence electrons. The maximum absolute atomic E-state index is 11.9. The van der Waals surface area contributed by atoms with Gasteiger partial charge in [0.2, 0.25) is 5.91 Å². The number of carboxylic acids is 1. The van der Waals surface area contributed by atoms with Crippen molar-refractivity contribution in [3.05, 3.63) is 62.2 Å². The highest BCUT2D eigenvalue weighted by Gasteiger charge is 2.29. The molecule has 0 aliphatic heterocycles. The van der Waals surface area contributed by atoms with Gasteiger partial charge in [0.1, 0.15) is 29.2 Å². The maximum Gasteiger partial charge on any atom is 0.326 e. The molecule has 0 spiro atoms. The average molecular weight is 447 g/mol. The minimum Gasteiger partial charge on any atom is -0.496 e. The summed E-state index contributed by atoms with van der Waals surface area (Å²) in [5, 5.41) is 37.7. The molecule has 0 saturated carbocycles. The van der Waals surface area contributed by atoms with Crippen molar-refractivity contribution in [1.82, 2.24) is 0 Å². The second kappa shape index (κ2) is 10.1. The zero-order valence-electron chi connectivity index (χ0n) is 17.1. The van der Waals surface area contributed by atoms with Gasteiger partial charge in [-0.3, -0.25) is 25.0 Å². The fourth-order valence-electron chi connectivity index (χ4n) is 2.89. The Labute approximate surface area is 181 Å². The predicted octanol–water partition coefficient (Wildman–Crippen LogP) is 1.91. The number of benzene rings is 2. The van der Waals surface area contributed by atoms with E-state index in [0.29, 0.717) is 17.4 Å². The number of carbonyl (C=O) groups excluding carboxylic acids is 1. The van der Waals surface area contributed by atoms with E-state index < -0.39 is 45.2 Å². The van der Waals surface area contributed by atoms with Crippen LogP contribution in [0.15, 0.2) is 36.4 Å². The highest BCUT2D eigenvalue weighted by molar-refractivity contribution is 5.86. The second-order valence-corrected chi connectivity index (χ2v) is 6.72. The van der Waals surface area contributed by atoms with Gasteiger partial charge in [-0.15, -0.1) is 0 Å². The number of methoxy groups -OCH3 is 1. The number of rotatable bonds is 11. The van der Waals surface area contributed by atoms with E-state index in [0.717, 1.165) is 6.07 Å². The fourth-order valence-corrected chi connectivity index (χ4v) is 2.89. The molecule has 0 fully saturated rings. The third-order valence-electron chi connectivity index (χ3n) is 4.55. The molecule has 13 heteroatoms. The normalized spacial score (nSPS) is 12.3. The molecular weight excluding hydrogens is 426 g/mol. The van der Waals surface area contributed by atoms with E-state index in [2.05, 4.69) is 10.6 Å². The number of nitro groups is 2. The number of carbonyl (C=O) groups is 2. The number of anilines is 2. The molecule has 32 heavy (non-hydrogen) atoms. The van der Waals surface area contributed by atoms with Crippen LogP contribution >= 0.6 is 0 Å². The van der Waals surface area contributed by atoms with Crippen LogP contribution in [0.2, 0.25) is 0 Å². The van der Waals surface area contributed by atoms with Crippen LogP contribution in [0.3, 0.4) is 0 Å². The van der Waals surface area contributed by atoms with Crippen LogP contribution in [0.1, 0.15) is 12.5 Å². The van der Waals surface area contributed by atoms with Crippen molar-refractivity contribution in [2.45, 2.75) is 25.4 Å². The first-order chi connectivity index (χ1) is 15.0. The standard InChI is InChI=1S/C19H21N5O8/c1-10(18(20)25)21-12-8-13(16(24(30)31)9-15(12)23(28)29)22-14(19(26)27)7-11-5-3-4-6-17(11)32-2/h3-6,8-10,14,21-22H,7H2,1-2H3,(H2,20,25)(H,26,27)/t10-,14+/m0/s1. The van der Waals surface area contributed by atoms with Crippen molar-refractivity contribution in [3.63, 3.8) is 0 Å². The summed E-state index contributed by atoms with van der Waals surface area (Å²) >= 11 is 0. The van der Waals surface area contributed by atoms with Crippen molar-refractivity contribution in [2.24, 2.45) is 5.73 Å². The number of hydrogen-bond donors (Lipinski definition) is 4. The van der Waals surface area contributed by atoms with Crippen molar-refractivity contribution in [1.29, 1.82) is 0 Å². The van der Waals surface area contributed by atoms with E-state index in [4.69, 9.17) is 10.5 Å². The van der Waals surface area contributed by atoms with Crippen LogP contribution in [-0.2, 0) is 16.0 Å². The van der Waals surface area contributed by atoms with Gasteiger partial charge in [-0.1, -0.05) is 18.2 Å². The minimum atomic E-state index is -1.34. The molecule has 0 aromatic heterocycles. The zero-order valence-corrected chi connectivity index (χ0v) is 17.1. The lowest BCUT2D eigenvalue weighted by molar-refractivity contribution is -0.393. The van der Waals surface area contributed by atoms with Crippen LogP contribution in [0.25, 0.3) is 0 Å². The number of nitrogens with one attached hydrogen (secondary N) is 2. The Bertz CT molecular complexity index is 1060. The third kappa shape index (κ3) is 5.59. The van der Waals surface area contributed by atoms with E-state index >= 15 is 0 Å². The van der Waals surface area contributed by atoms with E-state index in [9.17, 15) is 34.9 Å². The van der Waals surface area contributed by atoms with Gasteiger partial charge >= 0.3 is 5.97 Å². The number of nitrogens with zero attached hydrogens (tertiary/aromatic N) is 2. The summed E-state index contributed by atoms with van der Waals surface area (Å²) in [6, 6.07) is 5.97. The molecule has 0 unspecified atom stereocenters. The van der Waals surface area contributed by atoms with Crippen LogP contribution in [0.4, 0.5) is 22.7 Å². The Morgan fingerprint density at radius 2 is 1.66 bits per heavy atom. The topological polar surface area (TPSA) is 200 Å². The van der Waals surface area contributed by atoms with Gasteiger partial charge in [0.15, 0.2) is 0 Å². The first-order valence-electron chi connectivity index (χ1n) is 9.19. The highest BCUT2D eigenvalue weighted by Crippen LogP contribution is 2.37. The molecule has 2 rings (SSSR count). The summed E-state index contributed by atoms with van der Waals surface area (Å²) in [6.45, 7) is 1.35. The lowest BCUT2D eigenvalue weighted by atomic mass is 10.0. The van der Waals surface area contributed by atoms with Crippen LogP contribution in [-0.4, -0.2) is 46.0 Å². The number of hydrogen-bond acceptors (Lipinski definition) is 9. The van der Waals surface area contributed by atoms with Crippen molar-refractivity contribution in [2.75, 3.05) is 17.7 Å². The van der Waals surface area contributed by atoms with Gasteiger partial charge < -0.3 is 26.2 Å². The van der Waals surface area contributed by atoms with Gasteiger partial charge in [-0.25, -0.2) is 4.79 Å². The molecule has 5 N–H and O–H groups in total. The third-order valence-corrected chi connectivity index (χ3v) is 4.55. The Hall–Kier alpha value is -4.42. The number of amides is 1. The molecule has 0 radical (unpaired) electrons. The first-order valence-corrected chi connectivity index (χ1v) is 9.19. The minimum absolute atomic E-state index is 0.103. The summed E-state index contributed by atoms with van der Waals surface area (Å²) in [5.74, 6) is -1.70. The van der Waals surface area contributed by atoms with Gasteiger partial charge in [0, 0.05) is 6.42 Å². The summed E-state index contributed by atoms with van der Waals surface area (Å²) in [7, 11) is 1.42. The number of primary amides is 1. The van der Waals surface area contributed by atoms with Gasteiger partial charge in [-0.05, 0) is 24.6 Å². The zero-order chi connectivity index (χ0) is 24.0. The molecule has 0 aliphatic carbocycles. The Morgan fingerprint density at radius 3 is 2.16 bits per heavy atom. The van der Waals surface area contributed by atoms with Gasteiger partial charge in [0.05, 0.1) is 23.0 Å². The van der Waals surface area contributed by atoms with E-state index in [1.807, 2.05) is 0 Å². The summed E-state index contributed by atoms with van der Waals surface area (Å²) in [6.07, 6.45) is -0.103. The molecule has 0 saturated heterocycles. The predicted molar refractivity (Wildman–Crippen MR) is 114 cm³/mol. The number of carboxylic acid groups (broad SMARTS) is 1. The Balaban J connectivity index is 2.52. The lowest BCUT2D eigenvalue weighted by Gasteiger charge is -2.19. The largest absolute Gasteiger partial charge is 0.496 e. The number of nitro benzene ring substituents is 2. The number of nitrogens with two attached hydrogens (primary N) is 1. The quantitative estimate of drug-likeness (QED) is 0.291. The molecule has 0 heterocycles. The average Bonchev–Trinajstić information content (AvgIpc) is 2.73. The first kappa shape index (κ1) is 23.9. The lowest BCUT2D eigenvalue weighted by Crippen LogP contribution is -2.33. The fraction of sp³-hybridized carbons (Fsp3) is 0.263. The van der Waals surface area contributed by atoms with E-state index in [1.54, 1.807) is 24.3 Å². The molecule has 13 nitrogen and oxygen atoms in total. The molecule has 0 bridgehead atoms. The Morgan fingerprint density at radius 1 is 1.09 bits per heavy atom. The summed E-state index contributed by atoms with van der Waals surface area (Å²) in [4.78, 5) is 44.4. The highest BCUT2D eigenvalue weighted by atomic mass is 16.6. The summed E-state index contributed by atoms with van der Waals surface area (Å²) in [5.41, 5.74) is 3.79. The van der Waals surface area contributed by atoms with Gasteiger partial charge in [-0.2, -0.15) is 0 Å². The number of aliphatic carboxylic acids is 1. The van der Waals surface area contributed by atoms with Gasteiger partial charge in [0.25, 0.3) is 11.4 Å². The smallest absolute Gasteiger partial charge is 0.326 e. The van der Waals surface area contributed by atoms with Crippen molar-refractivity contribution >= 4 is 34.6 Å². The molecule has 2 aromatic carbocycles. The molecule has 0 aliphatic rings. The van der Waals surface area contributed by atoms with E-state index in [-0.39, 0.29) is 17.8 Å². The number of para-hydroxylation sites is 1. The van der Waals surface area contributed by atoms with Crippen LogP contribution < -0.4 is 21.1 Å². The second-order valence-electron chi connectivity index (χ2n) is 6.72. The molecular formula is C19H21N5O8. The maximum atomic E-state index is 11.9. The van der Waals surface area contributed by atoms with Crippen LogP contribution in [0.5, 0.6) is 5.75 Å². The van der Waals surface area contributed by atoms with Crippen molar-refractivity contribution < 1.29 is 29.3 Å². The molecule has 1 amide bonds. The number of ether oxygens (including phenoxy) is 1. The SMILES string of the molecule is COc1ccccc1C[C@@H](Nc1cc(N[C@@H](C)C(N)=O)c([N+](=O)[O-])cc1[N+](=O)[O-])C(=O)O. The molecule has 2 atom stereocenters. The monoisotopic (exact) mass is 447 g/mol. The summed E-state index contributed by atoms with van der Waals surface area (Å²) < 4.78 is 5.21. The van der Waals surface area contributed by atoms with E-state index in [1.165, 1.54) is 14.0 Å². The Kier molecular flexibility index (Phi) is 7.50. The van der Waals surface area contributed by atoms with Crippen LogP contribution in [0, 0.1) is 20.2 Å².